The average molecular weight is 260 g/mol. The summed E-state index contributed by atoms with van der Waals surface area (Å²) < 4.78 is 14.0. The molecule has 1 aromatic heterocycles. The molecule has 3 nitrogen and oxygen atoms in total. The van der Waals surface area contributed by atoms with Crippen LogP contribution in [-0.4, -0.2) is 17.1 Å². The number of hydrogen-bond acceptors (Lipinski definition) is 3. The van der Waals surface area contributed by atoms with E-state index in [1.807, 2.05) is 12.1 Å². The van der Waals surface area contributed by atoms with Crippen molar-refractivity contribution in [1.29, 1.82) is 0 Å². The van der Waals surface area contributed by atoms with Crippen LogP contribution in [-0.2, 0) is 6.54 Å². The van der Waals surface area contributed by atoms with Crippen molar-refractivity contribution < 1.29 is 9.50 Å². The fourth-order valence-electron chi connectivity index (χ4n) is 2.12. The first-order valence-corrected chi connectivity index (χ1v) is 6.16. The van der Waals surface area contributed by atoms with Crippen molar-refractivity contribution in [3.8, 4) is 0 Å². The van der Waals surface area contributed by atoms with Gasteiger partial charge in [-0.25, -0.2) is 4.39 Å². The van der Waals surface area contributed by atoms with Gasteiger partial charge < -0.3 is 10.0 Å². The zero-order chi connectivity index (χ0) is 13.8. The number of aliphatic hydroxyl groups excluding tert-OH is 1. The van der Waals surface area contributed by atoms with Crippen molar-refractivity contribution in [1.82, 2.24) is 4.98 Å². The number of benzene rings is 1. The van der Waals surface area contributed by atoms with Crippen molar-refractivity contribution in [2.75, 3.05) is 11.9 Å². The summed E-state index contributed by atoms with van der Waals surface area (Å²) in [4.78, 5) is 5.83. The Morgan fingerprint density at radius 2 is 2.11 bits per heavy atom. The summed E-state index contributed by atoms with van der Waals surface area (Å²) in [5, 5.41) is 9.74. The van der Waals surface area contributed by atoms with Gasteiger partial charge in [0.15, 0.2) is 0 Å². The number of hydrogen-bond donors (Lipinski definition) is 1. The van der Waals surface area contributed by atoms with E-state index in [0.29, 0.717) is 17.8 Å². The third kappa shape index (κ3) is 3.09. The monoisotopic (exact) mass is 260 g/mol. The topological polar surface area (TPSA) is 36.4 Å². The van der Waals surface area contributed by atoms with Crippen LogP contribution < -0.4 is 4.90 Å². The van der Waals surface area contributed by atoms with E-state index in [9.17, 15) is 9.50 Å². The molecule has 1 heterocycles. The predicted octanol–water partition coefficient (Wildman–Crippen LogP) is 2.91. The fraction of sp³-hybridized carbons (Fsp3) is 0.267. The number of pyridine rings is 1. The molecule has 1 N–H and O–H groups in total. The highest BCUT2D eigenvalue weighted by Gasteiger charge is 2.16. The molecule has 0 aliphatic rings. The summed E-state index contributed by atoms with van der Waals surface area (Å²) in [6.07, 6.45) is 2.75. The van der Waals surface area contributed by atoms with Crippen molar-refractivity contribution in [3.05, 3.63) is 59.7 Å². The van der Waals surface area contributed by atoms with E-state index in [4.69, 9.17) is 0 Å². The molecule has 0 amide bonds. The van der Waals surface area contributed by atoms with Gasteiger partial charge in [-0.15, -0.1) is 0 Å². The SMILES string of the molecule is CC(O)c1cccc(F)c1N(C)Cc1cccnc1. The molecule has 0 fully saturated rings. The van der Waals surface area contributed by atoms with Gasteiger partial charge in [0.2, 0.25) is 0 Å². The summed E-state index contributed by atoms with van der Waals surface area (Å²) in [5.41, 5.74) is 2.01. The molecule has 1 aromatic carbocycles. The van der Waals surface area contributed by atoms with E-state index >= 15 is 0 Å². The summed E-state index contributed by atoms with van der Waals surface area (Å²) in [6.45, 7) is 2.17. The molecule has 1 atom stereocenters. The van der Waals surface area contributed by atoms with E-state index in [2.05, 4.69) is 4.98 Å². The number of nitrogens with zero attached hydrogens (tertiary/aromatic N) is 2. The van der Waals surface area contributed by atoms with Gasteiger partial charge in [-0.2, -0.15) is 0 Å². The van der Waals surface area contributed by atoms with Gasteiger partial charge in [-0.1, -0.05) is 18.2 Å². The summed E-state index contributed by atoms with van der Waals surface area (Å²) in [6, 6.07) is 8.54. The van der Waals surface area contributed by atoms with Crippen molar-refractivity contribution >= 4 is 5.69 Å². The zero-order valence-electron chi connectivity index (χ0n) is 11.0. The third-order valence-corrected chi connectivity index (χ3v) is 2.99. The first-order chi connectivity index (χ1) is 9.09. The maximum atomic E-state index is 14.0. The van der Waals surface area contributed by atoms with Gasteiger partial charge in [0.25, 0.3) is 0 Å². The Hall–Kier alpha value is -1.94. The lowest BCUT2D eigenvalue weighted by molar-refractivity contribution is 0.199. The van der Waals surface area contributed by atoms with Crippen LogP contribution in [0.2, 0.25) is 0 Å². The summed E-state index contributed by atoms with van der Waals surface area (Å²) in [5.74, 6) is -0.329. The first-order valence-electron chi connectivity index (χ1n) is 6.16. The Balaban J connectivity index is 2.31. The second-order valence-corrected chi connectivity index (χ2v) is 4.57. The van der Waals surface area contributed by atoms with Gasteiger partial charge >= 0.3 is 0 Å². The van der Waals surface area contributed by atoms with E-state index < -0.39 is 6.10 Å². The number of para-hydroxylation sites is 1. The van der Waals surface area contributed by atoms with E-state index in [1.165, 1.54) is 6.07 Å². The van der Waals surface area contributed by atoms with Gasteiger partial charge in [0, 0.05) is 31.5 Å². The average Bonchev–Trinajstić information content (AvgIpc) is 2.39. The van der Waals surface area contributed by atoms with Gasteiger partial charge in [0.1, 0.15) is 5.82 Å². The molecule has 0 saturated carbocycles. The van der Waals surface area contributed by atoms with Crippen LogP contribution in [0.1, 0.15) is 24.2 Å². The molecule has 0 saturated heterocycles. The number of aromatic nitrogens is 1. The predicted molar refractivity (Wildman–Crippen MR) is 73.4 cm³/mol. The van der Waals surface area contributed by atoms with Gasteiger partial charge in [-0.05, 0) is 24.6 Å². The molecular weight excluding hydrogens is 243 g/mol. The van der Waals surface area contributed by atoms with Crippen LogP contribution in [0.15, 0.2) is 42.7 Å². The molecule has 0 radical (unpaired) electrons. The van der Waals surface area contributed by atoms with E-state index in [0.717, 1.165) is 5.56 Å². The lowest BCUT2D eigenvalue weighted by Crippen LogP contribution is -2.20. The fourth-order valence-corrected chi connectivity index (χ4v) is 2.12. The molecule has 19 heavy (non-hydrogen) atoms. The summed E-state index contributed by atoms with van der Waals surface area (Å²) in [7, 11) is 1.80. The van der Waals surface area contributed by atoms with Gasteiger partial charge in [0.05, 0.1) is 11.8 Å². The normalized spacial score (nSPS) is 12.2. The molecule has 0 aliphatic heterocycles. The quantitative estimate of drug-likeness (QED) is 0.918. The molecule has 100 valence electrons. The highest BCUT2D eigenvalue weighted by Crippen LogP contribution is 2.29. The molecule has 1 unspecified atom stereocenters. The highest BCUT2D eigenvalue weighted by molar-refractivity contribution is 5.55. The van der Waals surface area contributed by atoms with Crippen LogP contribution in [0, 0.1) is 5.82 Å². The smallest absolute Gasteiger partial charge is 0.146 e. The number of rotatable bonds is 4. The Morgan fingerprint density at radius 1 is 1.32 bits per heavy atom. The lowest BCUT2D eigenvalue weighted by atomic mass is 10.1. The van der Waals surface area contributed by atoms with Crippen LogP contribution in [0.25, 0.3) is 0 Å². The number of halogens is 1. The minimum atomic E-state index is -0.706. The minimum absolute atomic E-state index is 0.329. The van der Waals surface area contributed by atoms with Gasteiger partial charge in [-0.3, -0.25) is 4.98 Å². The zero-order valence-corrected chi connectivity index (χ0v) is 11.0. The lowest BCUT2D eigenvalue weighted by Gasteiger charge is -2.24. The second kappa shape index (κ2) is 5.80. The number of anilines is 1. The Bertz CT molecular complexity index is 543. The number of aliphatic hydroxyl groups is 1. The molecule has 2 aromatic rings. The van der Waals surface area contributed by atoms with E-state index in [1.54, 1.807) is 43.4 Å². The van der Waals surface area contributed by atoms with Crippen LogP contribution >= 0.6 is 0 Å². The highest BCUT2D eigenvalue weighted by atomic mass is 19.1. The first kappa shape index (κ1) is 13.5. The maximum absolute atomic E-state index is 14.0. The molecular formula is C15H17FN2O. The van der Waals surface area contributed by atoms with Crippen LogP contribution in [0.5, 0.6) is 0 Å². The van der Waals surface area contributed by atoms with E-state index in [-0.39, 0.29) is 5.82 Å². The molecule has 0 bridgehead atoms. The third-order valence-electron chi connectivity index (χ3n) is 2.99. The Morgan fingerprint density at radius 3 is 2.74 bits per heavy atom. The van der Waals surface area contributed by atoms with Crippen molar-refractivity contribution in [2.45, 2.75) is 19.6 Å². The molecule has 4 heteroatoms. The maximum Gasteiger partial charge on any atom is 0.146 e. The molecule has 0 spiro atoms. The minimum Gasteiger partial charge on any atom is -0.389 e. The van der Waals surface area contributed by atoms with Crippen LogP contribution in [0.3, 0.4) is 0 Å². The van der Waals surface area contributed by atoms with Crippen LogP contribution in [0.4, 0.5) is 10.1 Å². The molecule has 2 rings (SSSR count). The standard InChI is InChI=1S/C15H17FN2O/c1-11(19)13-6-3-7-14(16)15(13)18(2)10-12-5-4-8-17-9-12/h3-9,11,19H,10H2,1-2H3. The van der Waals surface area contributed by atoms with Crippen molar-refractivity contribution in [3.63, 3.8) is 0 Å². The largest absolute Gasteiger partial charge is 0.389 e. The Labute approximate surface area is 112 Å². The summed E-state index contributed by atoms with van der Waals surface area (Å²) >= 11 is 0. The molecule has 0 aliphatic carbocycles. The van der Waals surface area contributed by atoms with Crippen molar-refractivity contribution in [2.24, 2.45) is 0 Å². The Kier molecular flexibility index (Phi) is 4.12. The second-order valence-electron chi connectivity index (χ2n) is 4.57.